The Morgan fingerprint density at radius 2 is 0.875 bits per heavy atom. The molecule has 0 heteroatoms. The summed E-state index contributed by atoms with van der Waals surface area (Å²) in [6, 6.07) is 9.09. The lowest BCUT2D eigenvalue weighted by atomic mass is 9.78. The van der Waals surface area contributed by atoms with Crippen molar-refractivity contribution in [3.63, 3.8) is 0 Å². The van der Waals surface area contributed by atoms with E-state index in [1.165, 1.54) is 62.5 Å². The molecule has 0 spiro atoms. The van der Waals surface area contributed by atoms with Gasteiger partial charge < -0.3 is 0 Å². The van der Waals surface area contributed by atoms with E-state index in [9.17, 15) is 0 Å². The summed E-state index contributed by atoms with van der Waals surface area (Å²) in [5, 5.41) is 0. The standard InChI is InChI=1S/C18H28.C2H6.12CH4/c1-3-4-16-9-11-18(12-10-16)14-13-17-7-5-15(2)6-8-17;1-2;;;;;;;;;;;;/h5-8,16,18H,3-4,9-14H2,1-2H3;1-2H3;12*1H4. The minimum absolute atomic E-state index is 0. The van der Waals surface area contributed by atoms with Gasteiger partial charge in [0.25, 0.3) is 0 Å². The predicted octanol–water partition coefficient (Wildman–Crippen LogP) is 14.2. The fraction of sp³-hybridized carbons (Fsp3) is 0.812. The highest BCUT2D eigenvalue weighted by Crippen LogP contribution is 2.33. The minimum atomic E-state index is 0. The van der Waals surface area contributed by atoms with Gasteiger partial charge in [-0.25, -0.2) is 0 Å². The zero-order valence-electron chi connectivity index (χ0n) is 14.1. The van der Waals surface area contributed by atoms with Gasteiger partial charge in [-0.1, -0.05) is 178 Å². The third-order valence-corrected chi connectivity index (χ3v) is 4.63. The third kappa shape index (κ3) is 31.4. The van der Waals surface area contributed by atoms with Gasteiger partial charge in [0.1, 0.15) is 0 Å². The van der Waals surface area contributed by atoms with Crippen molar-refractivity contribution < 1.29 is 0 Å². The van der Waals surface area contributed by atoms with E-state index in [1.807, 2.05) is 13.8 Å². The molecular weight excluding hydrogens is 384 g/mol. The lowest BCUT2D eigenvalue weighted by Gasteiger charge is -2.28. The Labute approximate surface area is 215 Å². The van der Waals surface area contributed by atoms with Crippen molar-refractivity contribution in [2.45, 2.75) is 168 Å². The van der Waals surface area contributed by atoms with Gasteiger partial charge in [0.2, 0.25) is 0 Å². The van der Waals surface area contributed by atoms with Crippen LogP contribution in [0.25, 0.3) is 0 Å². The van der Waals surface area contributed by atoms with E-state index < -0.39 is 0 Å². The van der Waals surface area contributed by atoms with Crippen LogP contribution in [0.1, 0.15) is 166 Å². The molecule has 0 atom stereocenters. The largest absolute Gasteiger partial charge is 0.0776 e. The van der Waals surface area contributed by atoms with Gasteiger partial charge in [0.05, 0.1) is 0 Å². The first-order valence-electron chi connectivity index (χ1n) is 8.83. The average molecular weight is 467 g/mol. The molecule has 0 nitrogen and oxygen atoms in total. The minimum Gasteiger partial charge on any atom is -0.0776 e. The fourth-order valence-electron chi connectivity index (χ4n) is 3.34. The molecule has 0 amide bonds. The summed E-state index contributed by atoms with van der Waals surface area (Å²) in [7, 11) is 0. The van der Waals surface area contributed by atoms with Crippen LogP contribution < -0.4 is 0 Å². The number of aryl methyl sites for hydroxylation is 2. The smallest absolute Gasteiger partial charge is 0.0276 e. The summed E-state index contributed by atoms with van der Waals surface area (Å²) in [5.74, 6) is 2.05. The first kappa shape index (κ1) is 77.2. The van der Waals surface area contributed by atoms with Crippen LogP contribution in [0.2, 0.25) is 0 Å². The van der Waals surface area contributed by atoms with Crippen LogP contribution in [0, 0.1) is 18.8 Å². The second-order valence-corrected chi connectivity index (χ2v) is 6.20. The Kier molecular flexibility index (Phi) is 115. The molecule has 0 unspecified atom stereocenters. The van der Waals surface area contributed by atoms with Crippen molar-refractivity contribution in [2.24, 2.45) is 11.8 Å². The normalized spacial score (nSPS) is 13.8. The topological polar surface area (TPSA) is 0 Å². The predicted molar refractivity (Wildman–Crippen MR) is 172 cm³/mol. The maximum Gasteiger partial charge on any atom is -0.0276 e. The zero-order chi connectivity index (χ0) is 14.8. The summed E-state index contributed by atoms with van der Waals surface area (Å²) >= 11 is 0. The maximum atomic E-state index is 2.32. The molecule has 2 rings (SSSR count). The molecule has 0 heterocycles. The van der Waals surface area contributed by atoms with Gasteiger partial charge in [0, 0.05) is 0 Å². The van der Waals surface area contributed by atoms with Crippen molar-refractivity contribution >= 4 is 0 Å². The van der Waals surface area contributed by atoms with E-state index in [0.717, 1.165) is 11.8 Å². The molecule has 0 bridgehead atoms. The van der Waals surface area contributed by atoms with Gasteiger partial charge in [0.15, 0.2) is 0 Å². The molecule has 1 aromatic carbocycles. The molecule has 210 valence electrons. The van der Waals surface area contributed by atoms with Crippen molar-refractivity contribution in [3.8, 4) is 0 Å². The lowest BCUT2D eigenvalue weighted by Crippen LogP contribution is -2.15. The van der Waals surface area contributed by atoms with E-state index >= 15 is 0 Å². The molecule has 0 N–H and O–H groups in total. The van der Waals surface area contributed by atoms with Gasteiger partial charge in [-0.05, 0) is 37.2 Å². The number of benzene rings is 1. The molecule has 0 saturated heterocycles. The maximum absolute atomic E-state index is 2.32. The van der Waals surface area contributed by atoms with Crippen LogP contribution in [-0.2, 0) is 6.42 Å². The molecule has 1 aliphatic rings. The van der Waals surface area contributed by atoms with Crippen molar-refractivity contribution in [3.05, 3.63) is 35.4 Å². The Morgan fingerprint density at radius 3 is 1.19 bits per heavy atom. The molecule has 1 aliphatic carbocycles. The monoisotopic (exact) mass is 467 g/mol. The molecule has 1 fully saturated rings. The second-order valence-electron chi connectivity index (χ2n) is 6.20. The van der Waals surface area contributed by atoms with Crippen molar-refractivity contribution in [1.82, 2.24) is 0 Å². The van der Waals surface area contributed by atoms with Gasteiger partial charge in [-0.3, -0.25) is 0 Å². The summed E-state index contributed by atoms with van der Waals surface area (Å²) in [6.07, 6.45) is 11.5. The lowest BCUT2D eigenvalue weighted by molar-refractivity contribution is 0.252. The number of hydrogen-bond acceptors (Lipinski definition) is 0. The van der Waals surface area contributed by atoms with E-state index in [0.29, 0.717) is 0 Å². The molecule has 1 saturated carbocycles. The highest BCUT2D eigenvalue weighted by Gasteiger charge is 2.20. The number of hydrogen-bond donors (Lipinski definition) is 0. The molecule has 32 heavy (non-hydrogen) atoms. The fourth-order valence-corrected chi connectivity index (χ4v) is 3.34. The summed E-state index contributed by atoms with van der Waals surface area (Å²) in [5.41, 5.74) is 2.90. The molecule has 0 radical (unpaired) electrons. The van der Waals surface area contributed by atoms with Gasteiger partial charge in [-0.2, -0.15) is 0 Å². The molecule has 0 aliphatic heterocycles. The first-order chi connectivity index (χ1) is 9.78. The summed E-state index contributed by atoms with van der Waals surface area (Å²) in [4.78, 5) is 0. The third-order valence-electron chi connectivity index (χ3n) is 4.63. The van der Waals surface area contributed by atoms with Crippen LogP contribution in [0.4, 0.5) is 0 Å². The van der Waals surface area contributed by atoms with E-state index in [-0.39, 0.29) is 89.1 Å². The van der Waals surface area contributed by atoms with E-state index in [4.69, 9.17) is 0 Å². The quantitative estimate of drug-likeness (QED) is 0.404. The second kappa shape index (κ2) is 47.9. The Balaban J connectivity index is -0.0000000278. The number of rotatable bonds is 5. The Hall–Kier alpha value is -0.780. The molecule has 1 aromatic rings. The highest BCUT2D eigenvalue weighted by atomic mass is 14.3. The van der Waals surface area contributed by atoms with Crippen molar-refractivity contribution in [2.75, 3.05) is 0 Å². The zero-order valence-corrected chi connectivity index (χ0v) is 14.1. The summed E-state index contributed by atoms with van der Waals surface area (Å²) in [6.45, 7) is 8.49. The van der Waals surface area contributed by atoms with Crippen LogP contribution in [0.3, 0.4) is 0 Å². The van der Waals surface area contributed by atoms with Gasteiger partial charge in [-0.15, -0.1) is 0 Å². The van der Waals surface area contributed by atoms with E-state index in [1.54, 1.807) is 0 Å². The van der Waals surface area contributed by atoms with Crippen LogP contribution in [0.15, 0.2) is 24.3 Å². The van der Waals surface area contributed by atoms with Crippen LogP contribution >= 0.6 is 0 Å². The summed E-state index contributed by atoms with van der Waals surface area (Å²) < 4.78 is 0. The Bertz CT molecular complexity index is 328. The first-order valence-corrected chi connectivity index (χ1v) is 8.83. The highest BCUT2D eigenvalue weighted by molar-refractivity contribution is 5.21. The van der Waals surface area contributed by atoms with Crippen LogP contribution in [0.5, 0.6) is 0 Å². The van der Waals surface area contributed by atoms with Gasteiger partial charge >= 0.3 is 0 Å². The SMILES string of the molecule is C.C.C.C.C.C.C.C.C.C.C.C.CC.CCCC1CCC(CCc2ccc(C)cc2)CC1. The van der Waals surface area contributed by atoms with Crippen molar-refractivity contribution in [1.29, 1.82) is 0 Å². The average Bonchev–Trinajstić information content (AvgIpc) is 2.50. The molecular formula is C32H82. The Morgan fingerprint density at radius 1 is 0.562 bits per heavy atom. The van der Waals surface area contributed by atoms with Crippen LogP contribution in [-0.4, -0.2) is 0 Å². The van der Waals surface area contributed by atoms with E-state index in [2.05, 4.69) is 38.1 Å². The molecule has 0 aromatic heterocycles.